The van der Waals surface area contributed by atoms with Gasteiger partial charge in [0.15, 0.2) is 5.11 Å². The number of carbonyl (C=O) groups excluding carboxylic acids is 1. The van der Waals surface area contributed by atoms with Crippen LogP contribution >= 0.6 is 12.2 Å². The standard InChI is InChI=1S/C17H22N4O3S/c1-10-13(15(22)19-17(2,3)4)14(18-16(25)20(10)5)11-7-6-8-12(9-11)21(23)24/h6-9,14H,1-5H3,(H,18,25)(H,19,22). The highest BCUT2D eigenvalue weighted by molar-refractivity contribution is 7.80. The van der Waals surface area contributed by atoms with Crippen LogP contribution in [0.4, 0.5) is 5.69 Å². The summed E-state index contributed by atoms with van der Waals surface area (Å²) in [5.74, 6) is -0.233. The summed E-state index contributed by atoms with van der Waals surface area (Å²) in [6.07, 6.45) is 0. The molecule has 8 heteroatoms. The molecule has 0 aliphatic carbocycles. The highest BCUT2D eigenvalue weighted by Gasteiger charge is 2.34. The second-order valence-electron chi connectivity index (χ2n) is 7.00. The first-order valence-electron chi connectivity index (χ1n) is 7.83. The maximum atomic E-state index is 12.9. The fourth-order valence-corrected chi connectivity index (χ4v) is 2.86. The van der Waals surface area contributed by atoms with Crippen LogP contribution in [0.1, 0.15) is 39.3 Å². The van der Waals surface area contributed by atoms with Gasteiger partial charge in [-0.25, -0.2) is 0 Å². The van der Waals surface area contributed by atoms with Crippen molar-refractivity contribution in [1.29, 1.82) is 0 Å². The summed E-state index contributed by atoms with van der Waals surface area (Å²) in [5.41, 5.74) is 1.38. The third-order valence-corrected chi connectivity index (χ3v) is 4.29. The van der Waals surface area contributed by atoms with Crippen molar-refractivity contribution >= 4 is 28.9 Å². The number of nitro groups is 1. The van der Waals surface area contributed by atoms with Gasteiger partial charge in [0.1, 0.15) is 0 Å². The van der Waals surface area contributed by atoms with E-state index >= 15 is 0 Å². The molecule has 2 rings (SSSR count). The van der Waals surface area contributed by atoms with Crippen molar-refractivity contribution in [3.8, 4) is 0 Å². The van der Waals surface area contributed by atoms with Gasteiger partial charge in [-0.15, -0.1) is 0 Å². The zero-order chi connectivity index (χ0) is 18.9. The molecule has 134 valence electrons. The van der Waals surface area contributed by atoms with Gasteiger partial charge in [0.2, 0.25) is 0 Å². The van der Waals surface area contributed by atoms with Crippen molar-refractivity contribution in [2.24, 2.45) is 0 Å². The number of hydrogen-bond acceptors (Lipinski definition) is 4. The lowest BCUT2D eigenvalue weighted by molar-refractivity contribution is -0.384. The van der Waals surface area contributed by atoms with Gasteiger partial charge in [-0.3, -0.25) is 14.9 Å². The molecule has 1 heterocycles. The number of nitro benzene ring substituents is 1. The zero-order valence-electron chi connectivity index (χ0n) is 14.9. The molecule has 0 saturated heterocycles. The van der Waals surface area contributed by atoms with E-state index in [0.29, 0.717) is 21.9 Å². The van der Waals surface area contributed by atoms with Gasteiger partial charge in [0.05, 0.1) is 16.5 Å². The largest absolute Gasteiger partial charge is 0.351 e. The Balaban J connectivity index is 2.53. The summed E-state index contributed by atoms with van der Waals surface area (Å²) in [7, 11) is 1.78. The number of hydrogen-bond donors (Lipinski definition) is 2. The molecule has 1 aliphatic heterocycles. The van der Waals surface area contributed by atoms with Gasteiger partial charge in [-0.1, -0.05) is 12.1 Å². The van der Waals surface area contributed by atoms with Crippen molar-refractivity contribution < 1.29 is 9.72 Å². The molecule has 1 unspecified atom stereocenters. The Bertz CT molecular complexity index is 767. The number of non-ortho nitro benzene ring substituents is 1. The maximum absolute atomic E-state index is 12.9. The molecule has 0 radical (unpaired) electrons. The minimum absolute atomic E-state index is 0.0302. The first-order valence-corrected chi connectivity index (χ1v) is 8.24. The minimum Gasteiger partial charge on any atom is -0.351 e. The number of benzene rings is 1. The Hall–Kier alpha value is -2.48. The number of thiocarbonyl (C=S) groups is 1. The van der Waals surface area contributed by atoms with Crippen molar-refractivity contribution in [2.45, 2.75) is 39.3 Å². The van der Waals surface area contributed by atoms with Crippen LogP contribution in [-0.4, -0.2) is 33.4 Å². The summed E-state index contributed by atoms with van der Waals surface area (Å²) in [5, 5.41) is 17.6. The molecule has 1 aromatic carbocycles. The number of allylic oxidation sites excluding steroid dienone is 1. The van der Waals surface area contributed by atoms with Gasteiger partial charge >= 0.3 is 0 Å². The summed E-state index contributed by atoms with van der Waals surface area (Å²) in [6, 6.07) is 5.68. The van der Waals surface area contributed by atoms with Crippen LogP contribution < -0.4 is 10.6 Å². The quantitative estimate of drug-likeness (QED) is 0.488. The second kappa shape index (κ2) is 6.79. The predicted molar refractivity (Wildman–Crippen MR) is 99.9 cm³/mol. The van der Waals surface area contributed by atoms with Crippen molar-refractivity contribution in [2.75, 3.05) is 7.05 Å². The third kappa shape index (κ3) is 4.14. The molecule has 0 fully saturated rings. The summed E-state index contributed by atoms with van der Waals surface area (Å²) < 4.78 is 0. The highest BCUT2D eigenvalue weighted by Crippen LogP contribution is 2.31. The average molecular weight is 362 g/mol. The van der Waals surface area contributed by atoms with E-state index in [1.165, 1.54) is 12.1 Å². The predicted octanol–water partition coefficient (Wildman–Crippen LogP) is 2.64. The normalized spacial score (nSPS) is 18.0. The van der Waals surface area contributed by atoms with Crippen molar-refractivity contribution in [3.05, 3.63) is 51.2 Å². The molecule has 7 nitrogen and oxygen atoms in total. The molecule has 1 atom stereocenters. The molecular formula is C17H22N4O3S. The van der Waals surface area contributed by atoms with E-state index < -0.39 is 16.5 Å². The number of nitrogens with zero attached hydrogens (tertiary/aromatic N) is 2. The van der Waals surface area contributed by atoms with E-state index in [4.69, 9.17) is 12.2 Å². The number of amides is 1. The number of rotatable bonds is 3. The average Bonchev–Trinajstić information content (AvgIpc) is 2.50. The van der Waals surface area contributed by atoms with Crippen LogP contribution in [-0.2, 0) is 4.79 Å². The van der Waals surface area contributed by atoms with Gasteiger partial charge in [0.25, 0.3) is 11.6 Å². The van der Waals surface area contributed by atoms with E-state index in [2.05, 4.69) is 10.6 Å². The fraction of sp³-hybridized carbons (Fsp3) is 0.412. The molecule has 0 saturated carbocycles. The molecule has 1 amide bonds. The number of carbonyl (C=O) groups is 1. The molecule has 1 aromatic rings. The molecular weight excluding hydrogens is 340 g/mol. The van der Waals surface area contributed by atoms with Crippen LogP contribution in [0.15, 0.2) is 35.5 Å². The summed E-state index contributed by atoms with van der Waals surface area (Å²) in [4.78, 5) is 25.2. The lowest BCUT2D eigenvalue weighted by Crippen LogP contribution is -2.50. The Morgan fingerprint density at radius 3 is 2.60 bits per heavy atom. The third-order valence-electron chi connectivity index (χ3n) is 3.90. The van der Waals surface area contributed by atoms with E-state index in [1.807, 2.05) is 27.7 Å². The zero-order valence-corrected chi connectivity index (χ0v) is 15.7. The fourth-order valence-electron chi connectivity index (χ4n) is 2.61. The maximum Gasteiger partial charge on any atom is 0.269 e. The van der Waals surface area contributed by atoms with E-state index in [-0.39, 0.29) is 11.6 Å². The second-order valence-corrected chi connectivity index (χ2v) is 7.38. The Kier molecular flexibility index (Phi) is 5.12. The molecule has 0 spiro atoms. The first kappa shape index (κ1) is 18.9. The van der Waals surface area contributed by atoms with Gasteiger partial charge in [-0.2, -0.15) is 0 Å². The lowest BCUT2D eigenvalue weighted by Gasteiger charge is -2.36. The van der Waals surface area contributed by atoms with Gasteiger partial charge in [-0.05, 0) is 45.5 Å². The van der Waals surface area contributed by atoms with Crippen molar-refractivity contribution in [3.63, 3.8) is 0 Å². The van der Waals surface area contributed by atoms with E-state index in [1.54, 1.807) is 24.1 Å². The Morgan fingerprint density at radius 1 is 1.40 bits per heavy atom. The van der Waals surface area contributed by atoms with Gasteiger partial charge < -0.3 is 15.5 Å². The summed E-state index contributed by atoms with van der Waals surface area (Å²) >= 11 is 5.33. The van der Waals surface area contributed by atoms with Crippen LogP contribution in [0.2, 0.25) is 0 Å². The lowest BCUT2D eigenvalue weighted by atomic mass is 9.93. The smallest absolute Gasteiger partial charge is 0.269 e. The monoisotopic (exact) mass is 362 g/mol. The minimum atomic E-state index is -0.550. The molecule has 25 heavy (non-hydrogen) atoms. The first-order chi connectivity index (χ1) is 11.5. The summed E-state index contributed by atoms with van der Waals surface area (Å²) in [6.45, 7) is 7.50. The molecule has 2 N–H and O–H groups in total. The van der Waals surface area contributed by atoms with E-state index in [9.17, 15) is 14.9 Å². The Labute approximate surface area is 152 Å². The SMILES string of the molecule is CC1=C(C(=O)NC(C)(C)C)C(c2cccc([N+](=O)[O-])c2)NC(=S)N1C. The molecule has 0 bridgehead atoms. The molecule has 0 aromatic heterocycles. The van der Waals surface area contributed by atoms with Gasteiger partial charge in [0, 0.05) is 30.4 Å². The van der Waals surface area contributed by atoms with E-state index in [0.717, 1.165) is 0 Å². The van der Waals surface area contributed by atoms with Crippen LogP contribution in [0.5, 0.6) is 0 Å². The van der Waals surface area contributed by atoms with Crippen LogP contribution in [0, 0.1) is 10.1 Å². The molecule has 1 aliphatic rings. The number of nitrogens with one attached hydrogen (secondary N) is 2. The topological polar surface area (TPSA) is 87.5 Å². The van der Waals surface area contributed by atoms with Crippen molar-refractivity contribution in [1.82, 2.24) is 15.5 Å². The highest BCUT2D eigenvalue weighted by atomic mass is 32.1. The van der Waals surface area contributed by atoms with Crippen LogP contribution in [0.25, 0.3) is 0 Å². The Morgan fingerprint density at radius 2 is 2.04 bits per heavy atom. The van der Waals surface area contributed by atoms with Crippen LogP contribution in [0.3, 0.4) is 0 Å².